The van der Waals surface area contributed by atoms with Crippen LogP contribution >= 0.6 is 0 Å². The molecule has 142 valence electrons. The van der Waals surface area contributed by atoms with Gasteiger partial charge in [0.25, 0.3) is 0 Å². The molecule has 4 N–H and O–H groups in total. The molecule has 0 aliphatic rings. The Bertz CT molecular complexity index is 530. The van der Waals surface area contributed by atoms with E-state index in [2.05, 4.69) is 20.6 Å². The van der Waals surface area contributed by atoms with Gasteiger partial charge in [0.2, 0.25) is 0 Å². The van der Waals surface area contributed by atoms with E-state index in [1.807, 2.05) is 26.0 Å². The van der Waals surface area contributed by atoms with Gasteiger partial charge in [-0.3, -0.25) is 14.3 Å². The molecule has 0 unspecified atom stereocenters. The van der Waals surface area contributed by atoms with E-state index in [4.69, 9.17) is 5.73 Å². The first-order valence-electron chi connectivity index (χ1n) is 8.57. The summed E-state index contributed by atoms with van der Waals surface area (Å²) < 4.78 is 1.73. The van der Waals surface area contributed by atoms with Crippen LogP contribution in [0.3, 0.4) is 0 Å². The summed E-state index contributed by atoms with van der Waals surface area (Å²) >= 11 is 0. The fourth-order valence-electron chi connectivity index (χ4n) is 2.14. The number of nitrogens with two attached hydrogens (primary N) is 1. The highest BCUT2D eigenvalue weighted by molar-refractivity contribution is 6.39. The minimum Gasteiger partial charge on any atom is -0.348 e. The minimum absolute atomic E-state index is 0.460. The number of likely N-dealkylation sites (N-methyl/N-ethyl adjacent to an activating group) is 1. The van der Waals surface area contributed by atoms with Crippen molar-refractivity contribution in [3.05, 3.63) is 12.4 Å². The van der Waals surface area contributed by atoms with Crippen LogP contribution in [0.15, 0.2) is 12.4 Å². The Morgan fingerprint density at radius 2 is 1.88 bits per heavy atom. The molecular weight excluding hydrogens is 322 g/mol. The number of hydrogen-bond donors (Lipinski definition) is 3. The fraction of sp³-hybridized carbons (Fsp3) is 0.688. The Balaban J connectivity index is 2.24. The molecule has 2 amide bonds. The first-order valence-corrected chi connectivity index (χ1v) is 8.57. The minimum atomic E-state index is -0.677. The van der Waals surface area contributed by atoms with Crippen molar-refractivity contribution < 1.29 is 9.59 Å². The van der Waals surface area contributed by atoms with Crippen molar-refractivity contribution >= 4 is 17.5 Å². The van der Waals surface area contributed by atoms with Gasteiger partial charge in [-0.1, -0.05) is 0 Å². The van der Waals surface area contributed by atoms with Crippen LogP contribution in [0.4, 0.5) is 5.69 Å². The number of hydrogen-bond acceptors (Lipinski definition) is 6. The van der Waals surface area contributed by atoms with Crippen molar-refractivity contribution in [1.82, 2.24) is 24.9 Å². The van der Waals surface area contributed by atoms with Crippen molar-refractivity contribution in [1.29, 1.82) is 0 Å². The SMILES string of the molecule is CN(C)CCn1cc(NC(=O)C(=O)NCCCN(C)CCCN)cn1. The lowest BCUT2D eigenvalue weighted by Gasteiger charge is -2.15. The lowest BCUT2D eigenvalue weighted by atomic mass is 10.3. The number of anilines is 1. The molecule has 25 heavy (non-hydrogen) atoms. The lowest BCUT2D eigenvalue weighted by molar-refractivity contribution is -0.136. The van der Waals surface area contributed by atoms with Crippen molar-refractivity contribution in [2.75, 3.05) is 59.2 Å². The Labute approximate surface area is 149 Å². The zero-order valence-corrected chi connectivity index (χ0v) is 15.5. The highest BCUT2D eigenvalue weighted by Gasteiger charge is 2.14. The van der Waals surface area contributed by atoms with E-state index in [9.17, 15) is 9.59 Å². The van der Waals surface area contributed by atoms with E-state index in [1.165, 1.54) is 6.20 Å². The average molecular weight is 353 g/mol. The van der Waals surface area contributed by atoms with Crippen LogP contribution in [-0.2, 0) is 16.1 Å². The van der Waals surface area contributed by atoms with Crippen LogP contribution in [0, 0.1) is 0 Å². The largest absolute Gasteiger partial charge is 0.348 e. The second-order valence-electron chi connectivity index (χ2n) is 6.30. The number of amides is 2. The Hall–Kier alpha value is -1.97. The summed E-state index contributed by atoms with van der Waals surface area (Å²) in [6.07, 6.45) is 4.98. The summed E-state index contributed by atoms with van der Waals surface area (Å²) in [4.78, 5) is 27.9. The second-order valence-corrected chi connectivity index (χ2v) is 6.30. The van der Waals surface area contributed by atoms with E-state index in [0.29, 0.717) is 25.3 Å². The van der Waals surface area contributed by atoms with Crippen LogP contribution < -0.4 is 16.4 Å². The van der Waals surface area contributed by atoms with Crippen LogP contribution in [0.5, 0.6) is 0 Å². The Morgan fingerprint density at radius 3 is 2.56 bits per heavy atom. The van der Waals surface area contributed by atoms with Gasteiger partial charge in [-0.05, 0) is 53.6 Å². The summed E-state index contributed by atoms with van der Waals surface area (Å²) in [5, 5.41) is 9.33. The van der Waals surface area contributed by atoms with Crippen LogP contribution in [0.25, 0.3) is 0 Å². The zero-order valence-electron chi connectivity index (χ0n) is 15.5. The predicted octanol–water partition coefficient (Wildman–Crippen LogP) is -0.830. The molecule has 0 saturated carbocycles. The van der Waals surface area contributed by atoms with E-state index in [1.54, 1.807) is 10.9 Å². The molecule has 9 nitrogen and oxygen atoms in total. The van der Waals surface area contributed by atoms with Crippen molar-refractivity contribution in [3.8, 4) is 0 Å². The monoisotopic (exact) mass is 353 g/mol. The maximum atomic E-state index is 11.9. The van der Waals surface area contributed by atoms with Gasteiger partial charge in [0.05, 0.1) is 18.4 Å². The fourth-order valence-corrected chi connectivity index (χ4v) is 2.14. The Kier molecular flexibility index (Phi) is 9.75. The molecule has 1 aromatic heterocycles. The molecule has 1 rings (SSSR count). The van der Waals surface area contributed by atoms with Gasteiger partial charge in [0.15, 0.2) is 0 Å². The van der Waals surface area contributed by atoms with Gasteiger partial charge in [0.1, 0.15) is 0 Å². The second kappa shape index (κ2) is 11.6. The van der Waals surface area contributed by atoms with Crippen LogP contribution in [0.2, 0.25) is 0 Å². The molecule has 0 bridgehead atoms. The zero-order chi connectivity index (χ0) is 18.7. The molecule has 0 fully saturated rings. The van der Waals surface area contributed by atoms with Gasteiger partial charge >= 0.3 is 11.8 Å². The van der Waals surface area contributed by atoms with Crippen molar-refractivity contribution in [3.63, 3.8) is 0 Å². The molecule has 0 spiro atoms. The number of nitrogens with one attached hydrogen (secondary N) is 2. The summed E-state index contributed by atoms with van der Waals surface area (Å²) in [7, 11) is 5.97. The van der Waals surface area contributed by atoms with Gasteiger partial charge in [0, 0.05) is 19.3 Å². The number of carbonyl (C=O) groups is 2. The number of carbonyl (C=O) groups excluding carboxylic acids is 2. The topological polar surface area (TPSA) is 109 Å². The quantitative estimate of drug-likeness (QED) is 0.354. The van der Waals surface area contributed by atoms with E-state index in [-0.39, 0.29) is 0 Å². The van der Waals surface area contributed by atoms with E-state index in [0.717, 1.165) is 32.5 Å². The van der Waals surface area contributed by atoms with Crippen molar-refractivity contribution in [2.45, 2.75) is 19.4 Å². The highest BCUT2D eigenvalue weighted by atomic mass is 16.2. The molecule has 0 radical (unpaired) electrons. The molecule has 0 aliphatic carbocycles. The first kappa shape index (κ1) is 21.1. The summed E-state index contributed by atoms with van der Waals surface area (Å²) in [6.45, 7) is 4.47. The highest BCUT2D eigenvalue weighted by Crippen LogP contribution is 2.04. The standard InChI is InChI=1S/C16H31N7O2/c1-21(2)10-11-23-13-14(12-19-23)20-16(25)15(24)18-7-5-9-22(3)8-4-6-17/h12-13H,4-11,17H2,1-3H3,(H,18,24)(H,20,25). The maximum Gasteiger partial charge on any atom is 0.313 e. The molecule has 0 atom stereocenters. The summed E-state index contributed by atoms with van der Waals surface area (Å²) in [6, 6.07) is 0. The van der Waals surface area contributed by atoms with E-state index < -0.39 is 11.8 Å². The third-order valence-electron chi connectivity index (χ3n) is 3.62. The molecule has 1 heterocycles. The van der Waals surface area contributed by atoms with Gasteiger partial charge < -0.3 is 26.2 Å². The molecular formula is C16H31N7O2. The van der Waals surface area contributed by atoms with Gasteiger partial charge in [-0.25, -0.2) is 0 Å². The van der Waals surface area contributed by atoms with Crippen LogP contribution in [0.1, 0.15) is 12.8 Å². The molecule has 0 aliphatic heterocycles. The number of rotatable bonds is 11. The lowest BCUT2D eigenvalue weighted by Crippen LogP contribution is -2.37. The first-order chi connectivity index (χ1) is 11.9. The smallest absolute Gasteiger partial charge is 0.313 e. The maximum absolute atomic E-state index is 11.9. The number of aromatic nitrogens is 2. The Morgan fingerprint density at radius 1 is 1.16 bits per heavy atom. The third-order valence-corrected chi connectivity index (χ3v) is 3.62. The van der Waals surface area contributed by atoms with Gasteiger partial charge in [-0.2, -0.15) is 5.10 Å². The third kappa shape index (κ3) is 9.18. The molecule has 0 aromatic carbocycles. The normalized spacial score (nSPS) is 11.1. The van der Waals surface area contributed by atoms with Crippen molar-refractivity contribution in [2.24, 2.45) is 5.73 Å². The number of nitrogens with zero attached hydrogens (tertiary/aromatic N) is 4. The molecule has 9 heteroatoms. The van der Waals surface area contributed by atoms with Gasteiger partial charge in [-0.15, -0.1) is 0 Å². The van der Waals surface area contributed by atoms with E-state index >= 15 is 0 Å². The van der Waals surface area contributed by atoms with Crippen LogP contribution in [-0.4, -0.2) is 85.3 Å². The summed E-state index contributed by atoms with van der Waals surface area (Å²) in [5.41, 5.74) is 5.98. The average Bonchev–Trinajstić information content (AvgIpc) is 3.02. The molecule has 1 aromatic rings. The molecule has 0 saturated heterocycles. The predicted molar refractivity (Wildman–Crippen MR) is 98.2 cm³/mol. The summed E-state index contributed by atoms with van der Waals surface area (Å²) in [5.74, 6) is -1.31.